The lowest BCUT2D eigenvalue weighted by Crippen LogP contribution is -2.53. The van der Waals surface area contributed by atoms with Crippen molar-refractivity contribution in [3.05, 3.63) is 28.8 Å². The summed E-state index contributed by atoms with van der Waals surface area (Å²) in [7, 11) is 1.89. The number of aliphatic imine (C=N–C) groups is 1. The van der Waals surface area contributed by atoms with Crippen molar-refractivity contribution in [1.29, 1.82) is 0 Å². The SMILES string of the molecule is CCN1CCC(CNC(=NC)N2CCN(c3cc(Cl)ccc3C)CC2)C1. The van der Waals surface area contributed by atoms with Gasteiger partial charge in [0.25, 0.3) is 0 Å². The first-order valence-corrected chi connectivity index (χ1v) is 10.2. The van der Waals surface area contributed by atoms with Gasteiger partial charge in [0, 0.05) is 57.0 Å². The van der Waals surface area contributed by atoms with Crippen molar-refractivity contribution in [3.8, 4) is 0 Å². The average molecular weight is 378 g/mol. The molecule has 1 unspecified atom stereocenters. The summed E-state index contributed by atoms with van der Waals surface area (Å²) in [4.78, 5) is 11.9. The van der Waals surface area contributed by atoms with E-state index in [-0.39, 0.29) is 0 Å². The predicted molar refractivity (Wildman–Crippen MR) is 112 cm³/mol. The molecule has 1 N–H and O–H groups in total. The van der Waals surface area contributed by atoms with Gasteiger partial charge in [0.1, 0.15) is 0 Å². The van der Waals surface area contributed by atoms with Gasteiger partial charge >= 0.3 is 0 Å². The van der Waals surface area contributed by atoms with Crippen LogP contribution in [0.1, 0.15) is 18.9 Å². The van der Waals surface area contributed by atoms with E-state index in [0.717, 1.165) is 56.2 Å². The van der Waals surface area contributed by atoms with Gasteiger partial charge in [-0.15, -0.1) is 0 Å². The largest absolute Gasteiger partial charge is 0.368 e. The Hall–Kier alpha value is -1.46. The van der Waals surface area contributed by atoms with E-state index in [1.807, 2.05) is 13.1 Å². The zero-order valence-electron chi connectivity index (χ0n) is 16.3. The van der Waals surface area contributed by atoms with Crippen LogP contribution in [0.5, 0.6) is 0 Å². The zero-order chi connectivity index (χ0) is 18.5. The Morgan fingerprint density at radius 3 is 2.65 bits per heavy atom. The molecule has 0 aliphatic carbocycles. The Labute approximate surface area is 163 Å². The molecule has 0 amide bonds. The summed E-state index contributed by atoms with van der Waals surface area (Å²) < 4.78 is 0. The molecule has 2 aliphatic rings. The lowest BCUT2D eigenvalue weighted by atomic mass is 10.1. The first kappa shape index (κ1) is 19.3. The molecule has 2 heterocycles. The standard InChI is InChI=1S/C20H32ClN5/c1-4-24-8-7-17(15-24)14-23-20(22-3)26-11-9-25(10-12-26)19-13-18(21)6-5-16(19)2/h5-6,13,17H,4,7-12,14-15H2,1-3H3,(H,22,23). The molecule has 2 fully saturated rings. The first-order chi connectivity index (χ1) is 12.6. The number of likely N-dealkylation sites (tertiary alicyclic amines) is 1. The lowest BCUT2D eigenvalue weighted by Gasteiger charge is -2.38. The minimum absolute atomic E-state index is 0.738. The topological polar surface area (TPSA) is 34.1 Å². The van der Waals surface area contributed by atoms with Crippen molar-refractivity contribution >= 4 is 23.2 Å². The van der Waals surface area contributed by atoms with Crippen LogP contribution >= 0.6 is 11.6 Å². The van der Waals surface area contributed by atoms with Gasteiger partial charge in [0.15, 0.2) is 5.96 Å². The van der Waals surface area contributed by atoms with E-state index in [1.165, 1.54) is 30.8 Å². The van der Waals surface area contributed by atoms with Crippen molar-refractivity contribution in [2.24, 2.45) is 10.9 Å². The van der Waals surface area contributed by atoms with E-state index < -0.39 is 0 Å². The molecule has 0 saturated carbocycles. The summed E-state index contributed by atoms with van der Waals surface area (Å²) in [6.45, 7) is 13.0. The second-order valence-corrected chi connectivity index (χ2v) is 7.82. The van der Waals surface area contributed by atoms with Crippen LogP contribution in [0.3, 0.4) is 0 Å². The number of halogens is 1. The van der Waals surface area contributed by atoms with E-state index >= 15 is 0 Å². The number of aryl methyl sites for hydroxylation is 1. The highest BCUT2D eigenvalue weighted by molar-refractivity contribution is 6.30. The third-order valence-electron chi connectivity index (χ3n) is 5.67. The van der Waals surface area contributed by atoms with E-state index in [0.29, 0.717) is 0 Å². The van der Waals surface area contributed by atoms with Crippen LogP contribution in [-0.2, 0) is 0 Å². The molecular formula is C20H32ClN5. The number of nitrogens with one attached hydrogen (secondary N) is 1. The fourth-order valence-corrected chi connectivity index (χ4v) is 4.18. The monoisotopic (exact) mass is 377 g/mol. The summed E-state index contributed by atoms with van der Waals surface area (Å²) in [5.41, 5.74) is 2.54. The Morgan fingerprint density at radius 1 is 1.23 bits per heavy atom. The average Bonchev–Trinajstić information content (AvgIpc) is 3.13. The Bertz CT molecular complexity index is 625. The molecule has 144 valence electrons. The van der Waals surface area contributed by atoms with Crippen molar-refractivity contribution in [2.75, 3.05) is 64.3 Å². The van der Waals surface area contributed by atoms with Crippen LogP contribution in [0.4, 0.5) is 5.69 Å². The number of rotatable bonds is 4. The van der Waals surface area contributed by atoms with Crippen LogP contribution in [0.2, 0.25) is 5.02 Å². The van der Waals surface area contributed by atoms with Gasteiger partial charge in [-0.05, 0) is 50.0 Å². The van der Waals surface area contributed by atoms with E-state index in [9.17, 15) is 0 Å². The molecule has 1 aromatic rings. The highest BCUT2D eigenvalue weighted by atomic mass is 35.5. The highest BCUT2D eigenvalue weighted by Gasteiger charge is 2.24. The van der Waals surface area contributed by atoms with Crippen molar-refractivity contribution in [1.82, 2.24) is 15.1 Å². The molecule has 3 rings (SSSR count). The van der Waals surface area contributed by atoms with E-state index in [2.05, 4.69) is 51.0 Å². The van der Waals surface area contributed by atoms with Crippen LogP contribution in [0, 0.1) is 12.8 Å². The summed E-state index contributed by atoms with van der Waals surface area (Å²) in [5, 5.41) is 4.42. The van der Waals surface area contributed by atoms with Gasteiger partial charge in [-0.3, -0.25) is 4.99 Å². The maximum atomic E-state index is 6.19. The number of nitrogens with zero attached hydrogens (tertiary/aromatic N) is 4. The summed E-state index contributed by atoms with van der Waals surface area (Å²) in [6.07, 6.45) is 1.29. The molecular weight excluding hydrogens is 346 g/mol. The zero-order valence-corrected chi connectivity index (χ0v) is 17.1. The first-order valence-electron chi connectivity index (χ1n) is 9.79. The number of hydrogen-bond acceptors (Lipinski definition) is 3. The fourth-order valence-electron chi connectivity index (χ4n) is 4.02. The van der Waals surface area contributed by atoms with Crippen molar-refractivity contribution in [2.45, 2.75) is 20.3 Å². The molecule has 0 bridgehead atoms. The summed E-state index contributed by atoms with van der Waals surface area (Å²) >= 11 is 6.19. The molecule has 0 radical (unpaired) electrons. The third-order valence-corrected chi connectivity index (χ3v) is 5.90. The van der Waals surface area contributed by atoms with Gasteiger partial charge in [-0.1, -0.05) is 24.6 Å². The Balaban J connectivity index is 1.50. The normalized spacial score (nSPS) is 22.2. The second kappa shape index (κ2) is 8.96. The minimum atomic E-state index is 0.738. The Morgan fingerprint density at radius 2 is 2.00 bits per heavy atom. The quantitative estimate of drug-likeness (QED) is 0.646. The lowest BCUT2D eigenvalue weighted by molar-refractivity contribution is 0.337. The van der Waals surface area contributed by atoms with Crippen LogP contribution in [0.25, 0.3) is 0 Å². The molecule has 0 aromatic heterocycles. The minimum Gasteiger partial charge on any atom is -0.368 e. The summed E-state index contributed by atoms with van der Waals surface area (Å²) in [5.74, 6) is 1.78. The molecule has 1 aromatic carbocycles. The molecule has 1 atom stereocenters. The second-order valence-electron chi connectivity index (χ2n) is 7.38. The Kier molecular flexibility index (Phi) is 6.65. The molecule has 2 aliphatic heterocycles. The van der Waals surface area contributed by atoms with Gasteiger partial charge in [0.2, 0.25) is 0 Å². The predicted octanol–water partition coefficient (Wildman–Crippen LogP) is 2.69. The molecule has 26 heavy (non-hydrogen) atoms. The third kappa shape index (κ3) is 4.63. The number of anilines is 1. The van der Waals surface area contributed by atoms with E-state index in [1.54, 1.807) is 0 Å². The van der Waals surface area contributed by atoms with Gasteiger partial charge < -0.3 is 20.0 Å². The number of hydrogen-bond donors (Lipinski definition) is 1. The molecule has 6 heteroatoms. The van der Waals surface area contributed by atoms with Gasteiger partial charge in [0.05, 0.1) is 0 Å². The van der Waals surface area contributed by atoms with Crippen molar-refractivity contribution < 1.29 is 0 Å². The summed E-state index contributed by atoms with van der Waals surface area (Å²) in [6, 6.07) is 6.15. The van der Waals surface area contributed by atoms with Gasteiger partial charge in [-0.25, -0.2) is 0 Å². The van der Waals surface area contributed by atoms with Crippen molar-refractivity contribution in [3.63, 3.8) is 0 Å². The van der Waals surface area contributed by atoms with Crippen LogP contribution < -0.4 is 10.2 Å². The highest BCUT2D eigenvalue weighted by Crippen LogP contribution is 2.25. The maximum Gasteiger partial charge on any atom is 0.193 e. The molecule has 5 nitrogen and oxygen atoms in total. The van der Waals surface area contributed by atoms with Crippen LogP contribution in [0.15, 0.2) is 23.2 Å². The van der Waals surface area contributed by atoms with Crippen LogP contribution in [-0.4, -0.2) is 75.2 Å². The number of benzene rings is 1. The maximum absolute atomic E-state index is 6.19. The molecule has 2 saturated heterocycles. The smallest absolute Gasteiger partial charge is 0.193 e. The van der Waals surface area contributed by atoms with E-state index in [4.69, 9.17) is 11.6 Å². The number of guanidine groups is 1. The number of piperazine rings is 1. The fraction of sp³-hybridized carbons (Fsp3) is 0.650. The van der Waals surface area contributed by atoms with Gasteiger partial charge in [-0.2, -0.15) is 0 Å². The molecule has 0 spiro atoms.